The average Bonchev–Trinajstić information content (AvgIpc) is 2.91. The molecule has 108 valence electrons. The van der Waals surface area contributed by atoms with Gasteiger partial charge < -0.3 is 4.57 Å². The van der Waals surface area contributed by atoms with Gasteiger partial charge in [0.15, 0.2) is 5.65 Å². The number of hydrogen-bond donors (Lipinski definition) is 0. The van der Waals surface area contributed by atoms with Crippen molar-refractivity contribution >= 4 is 21.2 Å². The Hall–Kier alpha value is -1.47. The normalized spacial score (nSPS) is 18.6. The van der Waals surface area contributed by atoms with Crippen LogP contribution in [0.25, 0.3) is 11.2 Å². The van der Waals surface area contributed by atoms with Gasteiger partial charge in [-0.05, 0) is 31.9 Å². The minimum atomic E-state index is -3.06. The molecule has 1 aliphatic rings. The molecule has 0 spiro atoms. The highest BCUT2D eigenvalue weighted by molar-refractivity contribution is 7.89. The minimum absolute atomic E-state index is 0.174. The highest BCUT2D eigenvalue weighted by Gasteiger charge is 2.28. The molecule has 2 aromatic heterocycles. The van der Waals surface area contributed by atoms with Crippen molar-refractivity contribution in [1.29, 1.82) is 0 Å². The van der Waals surface area contributed by atoms with Gasteiger partial charge in [0.1, 0.15) is 5.52 Å². The second-order valence-corrected chi connectivity index (χ2v) is 7.29. The number of nitrogens with zero attached hydrogens (tertiary/aromatic N) is 4. The van der Waals surface area contributed by atoms with E-state index in [0.29, 0.717) is 13.1 Å². The van der Waals surface area contributed by atoms with E-state index >= 15 is 0 Å². The van der Waals surface area contributed by atoms with Gasteiger partial charge in [0.05, 0.1) is 12.1 Å². The molecule has 3 rings (SSSR count). The zero-order valence-corrected chi connectivity index (χ0v) is 12.3. The van der Waals surface area contributed by atoms with Gasteiger partial charge in [-0.15, -0.1) is 0 Å². The lowest BCUT2D eigenvalue weighted by atomic mass is 10.1. The molecule has 0 radical (unpaired) electrons. The molecule has 6 nitrogen and oxygen atoms in total. The fourth-order valence-electron chi connectivity index (χ4n) is 2.72. The summed E-state index contributed by atoms with van der Waals surface area (Å²) in [5, 5.41) is 0. The predicted octanol–water partition coefficient (Wildman–Crippen LogP) is 1.42. The van der Waals surface area contributed by atoms with Crippen molar-refractivity contribution in [1.82, 2.24) is 18.8 Å². The van der Waals surface area contributed by atoms with Crippen molar-refractivity contribution in [2.24, 2.45) is 0 Å². The molecule has 2 aromatic rings. The lowest BCUT2D eigenvalue weighted by Crippen LogP contribution is -2.39. The van der Waals surface area contributed by atoms with E-state index in [-0.39, 0.29) is 11.8 Å². The Labute approximate surface area is 118 Å². The molecule has 0 N–H and O–H groups in total. The van der Waals surface area contributed by atoms with E-state index in [1.807, 2.05) is 18.5 Å². The topological polar surface area (TPSA) is 68.1 Å². The molecule has 1 saturated heterocycles. The van der Waals surface area contributed by atoms with Crippen molar-refractivity contribution in [3.05, 3.63) is 24.7 Å². The molecule has 1 fully saturated rings. The largest absolute Gasteiger partial charge is 0.312 e. The molecular weight excluding hydrogens is 276 g/mol. The van der Waals surface area contributed by atoms with E-state index in [2.05, 4.69) is 14.5 Å². The Balaban J connectivity index is 1.79. The summed E-state index contributed by atoms with van der Waals surface area (Å²) in [5.74, 6) is 0.174. The van der Waals surface area contributed by atoms with Crippen LogP contribution < -0.4 is 0 Å². The first kappa shape index (κ1) is 13.5. The van der Waals surface area contributed by atoms with Gasteiger partial charge in [0, 0.05) is 25.3 Å². The Morgan fingerprint density at radius 1 is 1.30 bits per heavy atom. The van der Waals surface area contributed by atoms with Crippen molar-refractivity contribution in [2.45, 2.75) is 25.8 Å². The lowest BCUT2D eigenvalue weighted by Gasteiger charge is -2.31. The smallest absolute Gasteiger partial charge is 0.213 e. The van der Waals surface area contributed by atoms with Gasteiger partial charge >= 0.3 is 0 Å². The van der Waals surface area contributed by atoms with Crippen molar-refractivity contribution < 1.29 is 8.42 Å². The summed E-state index contributed by atoms with van der Waals surface area (Å²) in [6, 6.07) is 4.09. The van der Waals surface area contributed by atoms with Crippen molar-refractivity contribution in [2.75, 3.05) is 18.8 Å². The maximum absolute atomic E-state index is 11.9. The van der Waals surface area contributed by atoms with Crippen LogP contribution in [0.15, 0.2) is 24.7 Å². The Bertz CT molecular complexity index is 702. The monoisotopic (exact) mass is 294 g/mol. The first-order valence-corrected chi connectivity index (χ1v) is 8.48. The Morgan fingerprint density at radius 3 is 2.75 bits per heavy atom. The van der Waals surface area contributed by atoms with Crippen LogP contribution in [-0.4, -0.2) is 46.1 Å². The van der Waals surface area contributed by atoms with E-state index in [0.717, 1.165) is 24.0 Å². The van der Waals surface area contributed by atoms with Gasteiger partial charge in [-0.2, -0.15) is 0 Å². The number of aromatic nitrogens is 3. The number of hydrogen-bond acceptors (Lipinski definition) is 4. The summed E-state index contributed by atoms with van der Waals surface area (Å²) in [4.78, 5) is 8.72. The van der Waals surface area contributed by atoms with E-state index in [1.54, 1.807) is 17.4 Å². The van der Waals surface area contributed by atoms with Crippen molar-refractivity contribution in [3.8, 4) is 0 Å². The minimum Gasteiger partial charge on any atom is -0.312 e. The molecule has 0 saturated carbocycles. The molecule has 0 unspecified atom stereocenters. The SMILES string of the molecule is CCS(=O)(=O)N1CCC(n2cnc3cccnc32)CC1. The molecule has 0 atom stereocenters. The van der Waals surface area contributed by atoms with E-state index in [9.17, 15) is 8.42 Å². The zero-order valence-electron chi connectivity index (χ0n) is 11.4. The summed E-state index contributed by atoms with van der Waals surface area (Å²) in [6.07, 6.45) is 5.19. The van der Waals surface area contributed by atoms with Crippen LogP contribution in [0.1, 0.15) is 25.8 Å². The van der Waals surface area contributed by atoms with Crippen LogP contribution in [0.3, 0.4) is 0 Å². The summed E-state index contributed by atoms with van der Waals surface area (Å²) in [6.45, 7) is 2.84. The van der Waals surface area contributed by atoms with E-state index < -0.39 is 10.0 Å². The molecule has 3 heterocycles. The fraction of sp³-hybridized carbons (Fsp3) is 0.538. The number of piperidine rings is 1. The number of sulfonamides is 1. The predicted molar refractivity (Wildman–Crippen MR) is 76.8 cm³/mol. The van der Waals surface area contributed by atoms with E-state index in [4.69, 9.17) is 0 Å². The highest BCUT2D eigenvalue weighted by Crippen LogP contribution is 2.26. The highest BCUT2D eigenvalue weighted by atomic mass is 32.2. The van der Waals surface area contributed by atoms with Crippen LogP contribution in [0.5, 0.6) is 0 Å². The summed E-state index contributed by atoms with van der Waals surface area (Å²) >= 11 is 0. The molecular formula is C13H18N4O2S. The second kappa shape index (κ2) is 5.14. The molecule has 7 heteroatoms. The van der Waals surface area contributed by atoms with Crippen LogP contribution in [-0.2, 0) is 10.0 Å². The zero-order chi connectivity index (χ0) is 14.2. The molecule has 1 aliphatic heterocycles. The molecule has 0 aliphatic carbocycles. The standard InChI is InChI=1S/C13H18N4O2S/c1-2-20(18,19)16-8-5-11(6-9-16)17-10-15-12-4-3-7-14-13(12)17/h3-4,7,10-11H,2,5-6,8-9H2,1H3. The van der Waals surface area contributed by atoms with Crippen LogP contribution in [0, 0.1) is 0 Å². The van der Waals surface area contributed by atoms with Crippen LogP contribution in [0.4, 0.5) is 0 Å². The van der Waals surface area contributed by atoms with Crippen LogP contribution >= 0.6 is 0 Å². The number of imidazole rings is 1. The van der Waals surface area contributed by atoms with Gasteiger partial charge in [-0.25, -0.2) is 22.7 Å². The quantitative estimate of drug-likeness (QED) is 0.858. The third-order valence-electron chi connectivity index (χ3n) is 3.91. The number of fused-ring (bicyclic) bond motifs is 1. The summed E-state index contributed by atoms with van der Waals surface area (Å²) < 4.78 is 27.4. The van der Waals surface area contributed by atoms with Crippen molar-refractivity contribution in [3.63, 3.8) is 0 Å². The summed E-state index contributed by atoms with van der Waals surface area (Å²) in [5.41, 5.74) is 1.76. The fourth-order valence-corrected chi connectivity index (χ4v) is 3.85. The molecule has 0 bridgehead atoms. The maximum Gasteiger partial charge on any atom is 0.213 e. The number of rotatable bonds is 3. The first-order valence-electron chi connectivity index (χ1n) is 6.87. The third kappa shape index (κ3) is 2.31. The number of pyridine rings is 1. The van der Waals surface area contributed by atoms with Crippen LogP contribution in [0.2, 0.25) is 0 Å². The Kier molecular flexibility index (Phi) is 3.47. The molecule has 20 heavy (non-hydrogen) atoms. The lowest BCUT2D eigenvalue weighted by molar-refractivity contribution is 0.277. The molecule has 0 aromatic carbocycles. The third-order valence-corrected chi connectivity index (χ3v) is 5.79. The van der Waals surface area contributed by atoms with E-state index in [1.165, 1.54) is 0 Å². The second-order valence-electron chi connectivity index (χ2n) is 5.03. The Morgan fingerprint density at radius 2 is 2.05 bits per heavy atom. The van der Waals surface area contributed by atoms with Gasteiger partial charge in [-0.3, -0.25) is 0 Å². The summed E-state index contributed by atoms with van der Waals surface area (Å²) in [7, 11) is -3.06. The van der Waals surface area contributed by atoms with Gasteiger partial charge in [-0.1, -0.05) is 0 Å². The van der Waals surface area contributed by atoms with Gasteiger partial charge in [0.25, 0.3) is 0 Å². The average molecular weight is 294 g/mol. The van der Waals surface area contributed by atoms with Gasteiger partial charge in [0.2, 0.25) is 10.0 Å². The maximum atomic E-state index is 11.9. The molecule has 0 amide bonds. The first-order chi connectivity index (χ1) is 9.62.